The minimum Gasteiger partial charge on any atom is -0.497 e. The number of Topliss-reactive ketones (excluding diaryl/α,β-unsaturated/α-hetero) is 1. The monoisotopic (exact) mass is 233 g/mol. The van der Waals surface area contributed by atoms with Gasteiger partial charge in [0, 0.05) is 12.5 Å². The summed E-state index contributed by atoms with van der Waals surface area (Å²) in [6.07, 6.45) is 1.43. The van der Waals surface area contributed by atoms with E-state index in [-0.39, 0.29) is 17.7 Å². The summed E-state index contributed by atoms with van der Waals surface area (Å²) in [6, 6.07) is 5.04. The number of amides is 1. The van der Waals surface area contributed by atoms with Gasteiger partial charge in [0.15, 0.2) is 5.78 Å². The first-order chi connectivity index (χ1) is 8.11. The molecule has 2 rings (SSSR count). The van der Waals surface area contributed by atoms with E-state index in [4.69, 9.17) is 4.74 Å². The highest BCUT2D eigenvalue weighted by molar-refractivity contribution is 6.04. The van der Waals surface area contributed by atoms with Crippen LogP contribution < -0.4 is 10.1 Å². The number of carbonyl (C=O) groups is 2. The van der Waals surface area contributed by atoms with Crippen molar-refractivity contribution in [3.63, 3.8) is 0 Å². The Balaban J connectivity index is 2.27. The molecule has 0 unspecified atom stereocenters. The first-order valence-corrected chi connectivity index (χ1v) is 5.60. The van der Waals surface area contributed by atoms with E-state index in [0.29, 0.717) is 12.0 Å². The van der Waals surface area contributed by atoms with Gasteiger partial charge in [0.05, 0.1) is 13.2 Å². The molecule has 1 aliphatic carbocycles. The summed E-state index contributed by atoms with van der Waals surface area (Å²) >= 11 is 0. The maximum atomic E-state index is 12.1. The van der Waals surface area contributed by atoms with Crippen LogP contribution in [0.15, 0.2) is 18.2 Å². The maximum Gasteiger partial charge on any atom is 0.217 e. The molecule has 4 nitrogen and oxygen atoms in total. The fourth-order valence-corrected chi connectivity index (χ4v) is 2.15. The smallest absolute Gasteiger partial charge is 0.217 e. The molecule has 0 spiro atoms. The Bertz CT molecular complexity index is 468. The van der Waals surface area contributed by atoms with Crippen LogP contribution in [0.2, 0.25) is 0 Å². The van der Waals surface area contributed by atoms with Crippen molar-refractivity contribution in [1.29, 1.82) is 0 Å². The number of ether oxygens (including phenoxy) is 1. The number of rotatable bonds is 2. The second kappa shape index (κ2) is 4.57. The van der Waals surface area contributed by atoms with Crippen molar-refractivity contribution in [2.45, 2.75) is 25.8 Å². The summed E-state index contributed by atoms with van der Waals surface area (Å²) in [5.41, 5.74) is 1.69. The molecule has 1 aromatic carbocycles. The van der Waals surface area contributed by atoms with Gasteiger partial charge in [0.1, 0.15) is 5.75 Å². The van der Waals surface area contributed by atoms with Gasteiger partial charge in [0.2, 0.25) is 5.91 Å². The lowest BCUT2D eigenvalue weighted by Crippen LogP contribution is -2.42. The number of ketones is 1. The molecule has 1 atom stereocenters. The Morgan fingerprint density at radius 2 is 2.24 bits per heavy atom. The van der Waals surface area contributed by atoms with E-state index in [1.807, 2.05) is 6.07 Å². The maximum absolute atomic E-state index is 12.1. The molecule has 4 heteroatoms. The Labute approximate surface area is 100.0 Å². The average Bonchev–Trinajstić information content (AvgIpc) is 2.32. The molecule has 1 N–H and O–H groups in total. The molecule has 0 bridgehead atoms. The Morgan fingerprint density at radius 3 is 2.88 bits per heavy atom. The third-order valence-corrected chi connectivity index (χ3v) is 2.97. The quantitative estimate of drug-likeness (QED) is 0.838. The third kappa shape index (κ3) is 2.30. The second-order valence-electron chi connectivity index (χ2n) is 4.18. The summed E-state index contributed by atoms with van der Waals surface area (Å²) in [6.45, 7) is 1.43. The van der Waals surface area contributed by atoms with Gasteiger partial charge in [-0.15, -0.1) is 0 Å². The lowest BCUT2D eigenvalue weighted by Gasteiger charge is -2.24. The zero-order valence-corrected chi connectivity index (χ0v) is 9.95. The molecule has 0 aliphatic heterocycles. The molecular weight excluding hydrogens is 218 g/mol. The molecule has 0 heterocycles. The molecule has 0 aromatic heterocycles. The predicted octanol–water partition coefficient (Wildman–Crippen LogP) is 1.33. The van der Waals surface area contributed by atoms with Crippen molar-refractivity contribution in [1.82, 2.24) is 5.32 Å². The third-order valence-electron chi connectivity index (χ3n) is 2.97. The fraction of sp³-hybridized carbons (Fsp3) is 0.385. The second-order valence-corrected chi connectivity index (χ2v) is 4.18. The number of fused-ring (bicyclic) bond motifs is 1. The highest BCUT2D eigenvalue weighted by atomic mass is 16.5. The molecule has 1 amide bonds. The molecule has 1 aromatic rings. The SMILES string of the molecule is COc1ccc2c(c1)CC[C@@H](NC(C)=O)C2=O. The topological polar surface area (TPSA) is 55.4 Å². The molecule has 0 radical (unpaired) electrons. The van der Waals surface area contributed by atoms with Crippen molar-refractivity contribution in [2.24, 2.45) is 0 Å². The van der Waals surface area contributed by atoms with Gasteiger partial charge in [0.25, 0.3) is 0 Å². The van der Waals surface area contributed by atoms with Gasteiger partial charge >= 0.3 is 0 Å². The first kappa shape index (κ1) is 11.6. The summed E-state index contributed by atoms with van der Waals surface area (Å²) < 4.78 is 5.13. The zero-order chi connectivity index (χ0) is 12.4. The molecule has 0 saturated heterocycles. The van der Waals surface area contributed by atoms with E-state index in [1.54, 1.807) is 19.2 Å². The van der Waals surface area contributed by atoms with Crippen molar-refractivity contribution in [3.05, 3.63) is 29.3 Å². The predicted molar refractivity (Wildman–Crippen MR) is 63.3 cm³/mol. The molecule has 17 heavy (non-hydrogen) atoms. The number of carbonyl (C=O) groups excluding carboxylic acids is 2. The zero-order valence-electron chi connectivity index (χ0n) is 9.95. The van der Waals surface area contributed by atoms with Crippen LogP contribution in [0.1, 0.15) is 29.3 Å². The minimum atomic E-state index is -0.381. The van der Waals surface area contributed by atoms with E-state index in [9.17, 15) is 9.59 Å². The number of methoxy groups -OCH3 is 1. The van der Waals surface area contributed by atoms with Crippen molar-refractivity contribution in [2.75, 3.05) is 7.11 Å². The lowest BCUT2D eigenvalue weighted by molar-refractivity contribution is -0.119. The summed E-state index contributed by atoms with van der Waals surface area (Å²) in [5.74, 6) is 0.582. The Morgan fingerprint density at radius 1 is 1.47 bits per heavy atom. The van der Waals surface area contributed by atoms with Gasteiger partial charge in [-0.05, 0) is 36.6 Å². The van der Waals surface area contributed by atoms with Crippen LogP contribution >= 0.6 is 0 Å². The molecule has 0 saturated carbocycles. The van der Waals surface area contributed by atoms with Crippen LogP contribution in [-0.2, 0) is 11.2 Å². The number of nitrogens with one attached hydrogen (secondary N) is 1. The highest BCUT2D eigenvalue weighted by Gasteiger charge is 2.27. The highest BCUT2D eigenvalue weighted by Crippen LogP contribution is 2.25. The van der Waals surface area contributed by atoms with E-state index in [1.165, 1.54) is 6.92 Å². The number of hydrogen-bond donors (Lipinski definition) is 1. The van der Waals surface area contributed by atoms with Gasteiger partial charge < -0.3 is 10.1 Å². The van der Waals surface area contributed by atoms with Crippen LogP contribution in [-0.4, -0.2) is 24.8 Å². The van der Waals surface area contributed by atoms with E-state index in [0.717, 1.165) is 17.7 Å². The molecule has 0 fully saturated rings. The normalized spacial score (nSPS) is 18.5. The van der Waals surface area contributed by atoms with E-state index < -0.39 is 0 Å². The Kier molecular flexibility index (Phi) is 3.13. The van der Waals surface area contributed by atoms with E-state index >= 15 is 0 Å². The van der Waals surface area contributed by atoms with Crippen LogP contribution in [0.25, 0.3) is 0 Å². The van der Waals surface area contributed by atoms with Crippen LogP contribution in [0.3, 0.4) is 0 Å². The van der Waals surface area contributed by atoms with Crippen LogP contribution in [0.4, 0.5) is 0 Å². The molecular formula is C13H15NO3. The van der Waals surface area contributed by atoms with Gasteiger partial charge in [-0.3, -0.25) is 9.59 Å². The number of hydrogen-bond acceptors (Lipinski definition) is 3. The Hall–Kier alpha value is -1.84. The van der Waals surface area contributed by atoms with Crippen LogP contribution in [0.5, 0.6) is 5.75 Å². The first-order valence-electron chi connectivity index (χ1n) is 5.60. The number of aryl methyl sites for hydroxylation is 1. The van der Waals surface area contributed by atoms with Crippen molar-refractivity contribution >= 4 is 11.7 Å². The molecule has 90 valence electrons. The largest absolute Gasteiger partial charge is 0.497 e. The molecule has 1 aliphatic rings. The van der Waals surface area contributed by atoms with Gasteiger partial charge in [-0.1, -0.05) is 0 Å². The van der Waals surface area contributed by atoms with Gasteiger partial charge in [-0.25, -0.2) is 0 Å². The van der Waals surface area contributed by atoms with Gasteiger partial charge in [-0.2, -0.15) is 0 Å². The standard InChI is InChI=1S/C13H15NO3/c1-8(15)14-12-6-3-9-7-10(17-2)4-5-11(9)13(12)16/h4-5,7,12H,3,6H2,1-2H3,(H,14,15)/t12-/m1/s1. The average molecular weight is 233 g/mol. The minimum absolute atomic E-state index is 0.0101. The number of benzene rings is 1. The summed E-state index contributed by atoms with van der Waals surface area (Å²) in [4.78, 5) is 23.1. The fourth-order valence-electron chi connectivity index (χ4n) is 2.15. The van der Waals surface area contributed by atoms with Crippen molar-refractivity contribution in [3.8, 4) is 5.75 Å². The summed E-state index contributed by atoms with van der Waals surface area (Å²) in [7, 11) is 1.60. The van der Waals surface area contributed by atoms with E-state index in [2.05, 4.69) is 5.32 Å². The lowest BCUT2D eigenvalue weighted by atomic mass is 9.87. The van der Waals surface area contributed by atoms with Crippen molar-refractivity contribution < 1.29 is 14.3 Å². The van der Waals surface area contributed by atoms with Crippen LogP contribution in [0, 0.1) is 0 Å². The summed E-state index contributed by atoms with van der Waals surface area (Å²) in [5, 5.41) is 2.68.